The molecular weight excluding hydrogens is 366 g/mol. The topological polar surface area (TPSA) is 64.0 Å². The highest BCUT2D eigenvalue weighted by atomic mass is 32.2. The summed E-state index contributed by atoms with van der Waals surface area (Å²) >= 11 is 2.95. The quantitative estimate of drug-likeness (QED) is 0.594. The molecule has 0 atom stereocenters. The maximum absolute atomic E-state index is 13.2. The molecule has 1 N–H and O–H groups in total. The number of thiophene rings is 1. The number of fused-ring (bicyclic) bond motifs is 1. The minimum Gasteiger partial charge on any atom is -0.355 e. The van der Waals surface area contributed by atoms with E-state index < -0.39 is 0 Å². The van der Waals surface area contributed by atoms with Gasteiger partial charge in [0, 0.05) is 17.5 Å². The van der Waals surface area contributed by atoms with E-state index in [-0.39, 0.29) is 17.5 Å². The van der Waals surface area contributed by atoms with Gasteiger partial charge in [-0.2, -0.15) is 0 Å². The molecule has 1 saturated carbocycles. The maximum atomic E-state index is 13.2. The minimum atomic E-state index is -0.00504. The average molecular weight is 394 g/mol. The molecule has 5 nitrogen and oxygen atoms in total. The van der Waals surface area contributed by atoms with Crippen molar-refractivity contribution in [1.29, 1.82) is 0 Å². The second-order valence-corrected chi connectivity index (χ2v) is 9.60. The summed E-state index contributed by atoms with van der Waals surface area (Å²) in [5, 5.41) is 4.38. The molecule has 2 aromatic heterocycles. The predicted octanol–water partition coefficient (Wildman–Crippen LogP) is 4.05. The second-order valence-electron chi connectivity index (χ2n) is 7.46. The summed E-state index contributed by atoms with van der Waals surface area (Å²) in [6.07, 6.45) is 4.33. The Kier molecular flexibility index (Phi) is 6.07. The fourth-order valence-corrected chi connectivity index (χ4v) is 5.34. The number of thioether (sulfide) groups is 1. The van der Waals surface area contributed by atoms with Crippen LogP contribution < -0.4 is 10.9 Å². The Morgan fingerprint density at radius 1 is 1.35 bits per heavy atom. The van der Waals surface area contributed by atoms with Crippen molar-refractivity contribution in [3.05, 3.63) is 20.8 Å². The van der Waals surface area contributed by atoms with E-state index in [1.807, 2.05) is 18.4 Å². The standard InChI is InChI=1S/C19H27N3O2S2/c1-11(2)9-20-15(23)10-25-19-21-17-16(12(3)13(4)26-17)18(24)22(19)14-7-5-6-8-14/h11,14H,5-10H2,1-4H3,(H,20,23). The van der Waals surface area contributed by atoms with E-state index in [2.05, 4.69) is 19.2 Å². The molecule has 0 spiro atoms. The molecule has 1 aliphatic carbocycles. The van der Waals surface area contributed by atoms with Crippen LogP contribution in [0.1, 0.15) is 56.0 Å². The third kappa shape index (κ3) is 3.98. The van der Waals surface area contributed by atoms with Gasteiger partial charge in [-0.1, -0.05) is 38.5 Å². The lowest BCUT2D eigenvalue weighted by Gasteiger charge is -2.18. The molecule has 142 valence electrons. The number of nitrogens with one attached hydrogen (secondary N) is 1. The number of aryl methyl sites for hydroxylation is 2. The van der Waals surface area contributed by atoms with Crippen molar-refractivity contribution >= 4 is 39.2 Å². The zero-order valence-corrected chi connectivity index (χ0v) is 17.6. The average Bonchev–Trinajstić information content (AvgIpc) is 3.20. The lowest BCUT2D eigenvalue weighted by molar-refractivity contribution is -0.118. The predicted molar refractivity (Wildman–Crippen MR) is 109 cm³/mol. The molecule has 2 aromatic rings. The number of hydrogen-bond donors (Lipinski definition) is 1. The van der Waals surface area contributed by atoms with Gasteiger partial charge in [-0.3, -0.25) is 14.2 Å². The molecule has 1 amide bonds. The summed E-state index contributed by atoms with van der Waals surface area (Å²) in [5.74, 6) is 0.711. The van der Waals surface area contributed by atoms with Crippen LogP contribution in [0.5, 0.6) is 0 Å². The van der Waals surface area contributed by atoms with Gasteiger partial charge in [0.05, 0.1) is 11.1 Å². The highest BCUT2D eigenvalue weighted by Crippen LogP contribution is 2.34. The fourth-order valence-electron chi connectivity index (χ4n) is 3.37. The van der Waals surface area contributed by atoms with Crippen LogP contribution in [0.4, 0.5) is 0 Å². The SMILES string of the molecule is Cc1sc2nc(SCC(=O)NCC(C)C)n(C3CCCC3)c(=O)c2c1C. The first-order chi connectivity index (χ1) is 12.4. The van der Waals surface area contributed by atoms with Gasteiger partial charge in [0.2, 0.25) is 5.91 Å². The zero-order chi connectivity index (χ0) is 18.8. The highest BCUT2D eigenvalue weighted by Gasteiger charge is 2.25. The van der Waals surface area contributed by atoms with E-state index in [0.717, 1.165) is 46.3 Å². The van der Waals surface area contributed by atoms with Crippen LogP contribution in [0.25, 0.3) is 10.2 Å². The molecule has 0 saturated heterocycles. The number of nitrogens with zero attached hydrogens (tertiary/aromatic N) is 2. The molecule has 0 aliphatic heterocycles. The first-order valence-corrected chi connectivity index (χ1v) is 11.1. The van der Waals surface area contributed by atoms with Gasteiger partial charge < -0.3 is 5.32 Å². The molecule has 1 fully saturated rings. The van der Waals surface area contributed by atoms with E-state index in [1.165, 1.54) is 11.8 Å². The Hall–Kier alpha value is -1.34. The molecule has 0 radical (unpaired) electrons. The molecule has 7 heteroatoms. The largest absolute Gasteiger partial charge is 0.355 e. The van der Waals surface area contributed by atoms with Crippen molar-refractivity contribution in [3.8, 4) is 0 Å². The number of hydrogen-bond acceptors (Lipinski definition) is 5. The molecule has 0 unspecified atom stereocenters. The first kappa shape index (κ1) is 19.4. The third-order valence-corrected chi connectivity index (χ3v) is 6.99. The van der Waals surface area contributed by atoms with Gasteiger partial charge in [0.25, 0.3) is 5.56 Å². The fraction of sp³-hybridized carbons (Fsp3) is 0.632. The Balaban J connectivity index is 1.93. The van der Waals surface area contributed by atoms with Crippen molar-refractivity contribution in [2.24, 2.45) is 5.92 Å². The molecule has 0 aromatic carbocycles. The van der Waals surface area contributed by atoms with Crippen LogP contribution in [0.3, 0.4) is 0 Å². The summed E-state index contributed by atoms with van der Waals surface area (Å²) < 4.78 is 1.87. The number of carbonyl (C=O) groups is 1. The third-order valence-electron chi connectivity index (χ3n) is 4.93. The van der Waals surface area contributed by atoms with Gasteiger partial charge in [0.15, 0.2) is 5.16 Å². The highest BCUT2D eigenvalue weighted by molar-refractivity contribution is 7.99. The van der Waals surface area contributed by atoms with Gasteiger partial charge in [0.1, 0.15) is 4.83 Å². The monoisotopic (exact) mass is 393 g/mol. The van der Waals surface area contributed by atoms with Crippen molar-refractivity contribution in [1.82, 2.24) is 14.9 Å². The number of rotatable bonds is 6. The molecule has 2 heterocycles. The van der Waals surface area contributed by atoms with E-state index >= 15 is 0 Å². The van der Waals surface area contributed by atoms with Crippen molar-refractivity contribution < 1.29 is 4.79 Å². The summed E-state index contributed by atoms with van der Waals surface area (Å²) in [5.41, 5.74) is 1.11. The smallest absolute Gasteiger partial charge is 0.263 e. The van der Waals surface area contributed by atoms with Crippen LogP contribution in [-0.2, 0) is 4.79 Å². The Morgan fingerprint density at radius 2 is 2.04 bits per heavy atom. The lowest BCUT2D eigenvalue weighted by Crippen LogP contribution is -2.30. The summed E-state index contributed by atoms with van der Waals surface area (Å²) in [6, 6.07) is 0.209. The summed E-state index contributed by atoms with van der Waals surface area (Å²) in [6.45, 7) is 8.85. The Labute approximate surface area is 162 Å². The minimum absolute atomic E-state index is 0.00504. The zero-order valence-electron chi connectivity index (χ0n) is 15.9. The lowest BCUT2D eigenvalue weighted by atomic mass is 10.2. The van der Waals surface area contributed by atoms with Crippen LogP contribution in [0.15, 0.2) is 9.95 Å². The molecular formula is C19H27N3O2S2. The second kappa shape index (κ2) is 8.13. The van der Waals surface area contributed by atoms with Gasteiger partial charge >= 0.3 is 0 Å². The number of aromatic nitrogens is 2. The molecule has 1 aliphatic rings. The molecule has 3 rings (SSSR count). The van der Waals surface area contributed by atoms with Crippen LogP contribution in [0, 0.1) is 19.8 Å². The van der Waals surface area contributed by atoms with Crippen molar-refractivity contribution in [2.75, 3.05) is 12.3 Å². The molecule has 26 heavy (non-hydrogen) atoms. The van der Waals surface area contributed by atoms with E-state index in [0.29, 0.717) is 23.4 Å². The number of amides is 1. The van der Waals surface area contributed by atoms with E-state index in [1.54, 1.807) is 11.3 Å². The molecule has 0 bridgehead atoms. The Morgan fingerprint density at radius 3 is 2.69 bits per heavy atom. The summed E-state index contributed by atoms with van der Waals surface area (Å²) in [7, 11) is 0. The van der Waals surface area contributed by atoms with Gasteiger partial charge in [-0.25, -0.2) is 4.98 Å². The number of carbonyl (C=O) groups excluding carboxylic acids is 1. The van der Waals surface area contributed by atoms with Gasteiger partial charge in [-0.05, 0) is 38.2 Å². The maximum Gasteiger partial charge on any atom is 0.263 e. The van der Waals surface area contributed by atoms with E-state index in [4.69, 9.17) is 4.98 Å². The Bertz CT molecular complexity index is 864. The van der Waals surface area contributed by atoms with Gasteiger partial charge in [-0.15, -0.1) is 11.3 Å². The normalized spacial score (nSPS) is 15.3. The van der Waals surface area contributed by atoms with Crippen molar-refractivity contribution in [2.45, 2.75) is 64.6 Å². The van der Waals surface area contributed by atoms with Crippen LogP contribution in [0.2, 0.25) is 0 Å². The van der Waals surface area contributed by atoms with E-state index in [9.17, 15) is 9.59 Å². The van der Waals surface area contributed by atoms with Crippen LogP contribution >= 0.6 is 23.1 Å². The first-order valence-electron chi connectivity index (χ1n) is 9.30. The van der Waals surface area contributed by atoms with Crippen LogP contribution in [-0.4, -0.2) is 27.8 Å². The van der Waals surface area contributed by atoms with Crippen molar-refractivity contribution in [3.63, 3.8) is 0 Å². The summed E-state index contributed by atoms with van der Waals surface area (Å²) in [4.78, 5) is 32.1.